The van der Waals surface area contributed by atoms with E-state index in [1.807, 2.05) is 12.1 Å². The first-order valence-electron chi connectivity index (χ1n) is 10.6. The van der Waals surface area contributed by atoms with Gasteiger partial charge in [0.1, 0.15) is 5.75 Å². The predicted octanol–water partition coefficient (Wildman–Crippen LogP) is 5.03. The van der Waals surface area contributed by atoms with Crippen LogP contribution < -0.4 is 4.74 Å². The first-order valence-corrected chi connectivity index (χ1v) is 10.6. The molecule has 0 saturated heterocycles. The summed E-state index contributed by atoms with van der Waals surface area (Å²) in [4.78, 5) is 2.20. The highest BCUT2D eigenvalue weighted by Gasteiger charge is 2.42. The smallest absolute Gasteiger partial charge is 0.118 e. The van der Waals surface area contributed by atoms with E-state index in [2.05, 4.69) is 69.3 Å². The summed E-state index contributed by atoms with van der Waals surface area (Å²) in [6.45, 7) is 5.16. The number of nitrogens with zero attached hydrogens (tertiary/aromatic N) is 1. The van der Waals surface area contributed by atoms with Gasteiger partial charge in [0.05, 0.1) is 12.7 Å². The van der Waals surface area contributed by atoms with Crippen LogP contribution >= 0.6 is 0 Å². The van der Waals surface area contributed by atoms with Crippen molar-refractivity contribution >= 4 is 6.08 Å². The van der Waals surface area contributed by atoms with Crippen LogP contribution in [0.15, 0.2) is 48.0 Å². The van der Waals surface area contributed by atoms with Crippen LogP contribution in [0.1, 0.15) is 41.5 Å². The number of aliphatic hydroxyl groups is 1. The summed E-state index contributed by atoms with van der Waals surface area (Å²) >= 11 is 0. The Balaban J connectivity index is 2.01. The molecule has 29 heavy (non-hydrogen) atoms. The Morgan fingerprint density at radius 2 is 1.86 bits per heavy atom. The van der Waals surface area contributed by atoms with E-state index < -0.39 is 5.60 Å². The highest BCUT2D eigenvalue weighted by atomic mass is 16.5. The average Bonchev–Trinajstić information content (AvgIpc) is 2.68. The van der Waals surface area contributed by atoms with E-state index in [1.165, 1.54) is 16.7 Å². The van der Waals surface area contributed by atoms with E-state index in [4.69, 9.17) is 4.74 Å². The topological polar surface area (TPSA) is 32.7 Å². The fourth-order valence-electron chi connectivity index (χ4n) is 4.58. The summed E-state index contributed by atoms with van der Waals surface area (Å²) < 4.78 is 5.29. The van der Waals surface area contributed by atoms with Crippen molar-refractivity contribution in [2.75, 3.05) is 27.7 Å². The van der Waals surface area contributed by atoms with Crippen molar-refractivity contribution in [2.24, 2.45) is 5.92 Å². The van der Waals surface area contributed by atoms with Gasteiger partial charge >= 0.3 is 0 Å². The van der Waals surface area contributed by atoms with Gasteiger partial charge in [0, 0.05) is 18.9 Å². The Kier molecular flexibility index (Phi) is 6.81. The van der Waals surface area contributed by atoms with Crippen LogP contribution in [0.2, 0.25) is 0 Å². The van der Waals surface area contributed by atoms with Gasteiger partial charge in [-0.3, -0.25) is 0 Å². The van der Waals surface area contributed by atoms with Crippen LogP contribution in [0.25, 0.3) is 6.08 Å². The third-order valence-electron chi connectivity index (χ3n) is 6.24. The molecular weight excluding hydrogens is 358 g/mol. The third-order valence-corrected chi connectivity index (χ3v) is 6.24. The first-order chi connectivity index (χ1) is 13.8. The molecule has 1 aliphatic carbocycles. The molecule has 0 bridgehead atoms. The maximum atomic E-state index is 12.2. The second-order valence-corrected chi connectivity index (χ2v) is 8.83. The summed E-state index contributed by atoms with van der Waals surface area (Å²) in [7, 11) is 5.88. The highest BCUT2D eigenvalue weighted by molar-refractivity contribution is 5.57. The van der Waals surface area contributed by atoms with Crippen LogP contribution in [0.5, 0.6) is 5.75 Å². The van der Waals surface area contributed by atoms with Crippen molar-refractivity contribution in [1.29, 1.82) is 0 Å². The van der Waals surface area contributed by atoms with Crippen LogP contribution in [0, 0.1) is 19.8 Å². The number of ether oxygens (including phenoxy) is 1. The summed E-state index contributed by atoms with van der Waals surface area (Å²) in [5, 5.41) is 12.2. The molecule has 3 rings (SSSR count). The average molecular weight is 394 g/mol. The largest absolute Gasteiger partial charge is 0.497 e. The van der Waals surface area contributed by atoms with E-state index in [0.717, 1.165) is 42.7 Å². The zero-order valence-corrected chi connectivity index (χ0v) is 18.5. The predicted molar refractivity (Wildman–Crippen MR) is 121 cm³/mol. The molecule has 0 spiro atoms. The monoisotopic (exact) mass is 393 g/mol. The van der Waals surface area contributed by atoms with Gasteiger partial charge in [-0.25, -0.2) is 0 Å². The van der Waals surface area contributed by atoms with E-state index >= 15 is 0 Å². The molecule has 2 aromatic rings. The van der Waals surface area contributed by atoms with Gasteiger partial charge in [0.2, 0.25) is 0 Å². The van der Waals surface area contributed by atoms with Gasteiger partial charge in [0.15, 0.2) is 0 Å². The lowest BCUT2D eigenvalue weighted by Gasteiger charge is -2.44. The molecule has 3 heteroatoms. The summed E-state index contributed by atoms with van der Waals surface area (Å²) in [6, 6.07) is 14.7. The van der Waals surface area contributed by atoms with Gasteiger partial charge in [0.25, 0.3) is 0 Å². The highest BCUT2D eigenvalue weighted by Crippen LogP contribution is 2.42. The van der Waals surface area contributed by atoms with E-state index in [0.29, 0.717) is 6.42 Å². The second kappa shape index (κ2) is 9.15. The molecule has 3 nitrogen and oxygen atoms in total. The molecule has 0 aliphatic heterocycles. The minimum absolute atomic E-state index is 0.218. The lowest BCUT2D eigenvalue weighted by molar-refractivity contribution is -0.0124. The zero-order valence-electron chi connectivity index (χ0n) is 18.5. The normalized spacial score (nSPS) is 23.6. The minimum atomic E-state index is -0.832. The van der Waals surface area contributed by atoms with Gasteiger partial charge in [-0.15, -0.1) is 0 Å². The number of methoxy groups -OCH3 is 1. The Labute approximate surface area is 176 Å². The Hall–Kier alpha value is -2.10. The van der Waals surface area contributed by atoms with Crippen LogP contribution in [-0.2, 0) is 6.42 Å². The van der Waals surface area contributed by atoms with Gasteiger partial charge in [-0.1, -0.05) is 42.0 Å². The van der Waals surface area contributed by atoms with Crippen molar-refractivity contribution in [3.8, 4) is 5.75 Å². The van der Waals surface area contributed by atoms with Crippen LogP contribution in [0.4, 0.5) is 0 Å². The number of benzene rings is 2. The molecule has 2 aromatic carbocycles. The lowest BCUT2D eigenvalue weighted by Crippen LogP contribution is -2.48. The van der Waals surface area contributed by atoms with Crippen molar-refractivity contribution in [3.05, 3.63) is 70.3 Å². The molecule has 1 fully saturated rings. The molecule has 0 amide bonds. The molecule has 0 aromatic heterocycles. The fourth-order valence-corrected chi connectivity index (χ4v) is 4.58. The molecule has 2 unspecified atom stereocenters. The molecule has 0 heterocycles. The summed E-state index contributed by atoms with van der Waals surface area (Å²) in [5.74, 6) is 1.07. The molecule has 1 saturated carbocycles. The fraction of sp³-hybridized carbons (Fsp3) is 0.462. The van der Waals surface area contributed by atoms with Crippen molar-refractivity contribution in [1.82, 2.24) is 4.90 Å². The molecule has 2 atom stereocenters. The molecule has 1 aliphatic rings. The standard InChI is InChI=1S/C26H35NO2/c1-19-9-10-20(2)22(15-19)17-26(28)23(7-6-8-24(26)18-27(3)4)16-21-11-13-25(29-5)14-12-21/h9-16,24,28H,6-8,17-18H2,1-5H3/b23-16+. The van der Waals surface area contributed by atoms with E-state index in [9.17, 15) is 5.11 Å². The van der Waals surface area contributed by atoms with E-state index in [-0.39, 0.29) is 5.92 Å². The van der Waals surface area contributed by atoms with Crippen LogP contribution in [-0.4, -0.2) is 43.4 Å². The summed E-state index contributed by atoms with van der Waals surface area (Å²) in [6.07, 6.45) is 5.99. The number of hydrogen-bond acceptors (Lipinski definition) is 3. The number of aryl methyl sites for hydroxylation is 2. The molecule has 1 N–H and O–H groups in total. The van der Waals surface area contributed by atoms with Crippen molar-refractivity contribution in [3.63, 3.8) is 0 Å². The maximum Gasteiger partial charge on any atom is 0.118 e. The molecule has 156 valence electrons. The third kappa shape index (κ3) is 5.09. The van der Waals surface area contributed by atoms with Crippen molar-refractivity contribution < 1.29 is 9.84 Å². The quantitative estimate of drug-likeness (QED) is 0.747. The van der Waals surface area contributed by atoms with Gasteiger partial charge in [-0.05, 0) is 81.6 Å². The lowest BCUT2D eigenvalue weighted by atomic mass is 9.68. The maximum absolute atomic E-state index is 12.2. The van der Waals surface area contributed by atoms with Gasteiger partial charge < -0.3 is 14.7 Å². The SMILES string of the molecule is COc1ccc(/C=C2\CCCC(CN(C)C)C2(O)Cc2cc(C)ccc2C)cc1. The Bertz CT molecular complexity index is 854. The van der Waals surface area contributed by atoms with Gasteiger partial charge in [-0.2, -0.15) is 0 Å². The second-order valence-electron chi connectivity index (χ2n) is 8.83. The summed E-state index contributed by atoms with van der Waals surface area (Å²) in [5.41, 5.74) is 5.18. The molecule has 0 radical (unpaired) electrons. The Morgan fingerprint density at radius 1 is 1.14 bits per heavy atom. The van der Waals surface area contributed by atoms with E-state index in [1.54, 1.807) is 7.11 Å². The van der Waals surface area contributed by atoms with Crippen LogP contribution in [0.3, 0.4) is 0 Å². The first kappa shape index (κ1) is 21.6. The van der Waals surface area contributed by atoms with Crippen molar-refractivity contribution in [2.45, 2.75) is 45.1 Å². The number of hydrogen-bond donors (Lipinski definition) is 1. The minimum Gasteiger partial charge on any atom is -0.497 e. The molecular formula is C26H35NO2. The zero-order chi connectivity index (χ0) is 21.0. The Morgan fingerprint density at radius 3 is 2.52 bits per heavy atom. The number of rotatable bonds is 6.